The minimum absolute atomic E-state index is 0.0476. The molecule has 1 aliphatic rings. The van der Waals surface area contributed by atoms with Gasteiger partial charge in [-0.1, -0.05) is 50.2 Å². The number of hydrogen-bond acceptors (Lipinski definition) is 4. The van der Waals surface area contributed by atoms with Crippen molar-refractivity contribution in [3.05, 3.63) is 46.6 Å². The number of amides is 2. The maximum atomic E-state index is 12.7. The SMILES string of the molecule is CC1=CC(=O)C(C(=O)NC(C)CCCCCCCCCN(C=O)Oc2cccc([N+](C)(C)C)c2C)C(C)=C1C. The summed E-state index contributed by atoms with van der Waals surface area (Å²) in [6.45, 7) is 10.4. The molecule has 0 radical (unpaired) electrons. The third kappa shape index (κ3) is 9.64. The van der Waals surface area contributed by atoms with E-state index in [1.54, 1.807) is 6.08 Å². The number of carbonyl (C=O) groups is 3. The molecule has 0 spiro atoms. The average Bonchev–Trinajstić information content (AvgIpc) is 2.85. The smallest absolute Gasteiger partial charge is 0.242 e. The molecule has 0 bridgehead atoms. The van der Waals surface area contributed by atoms with Crippen LogP contribution < -0.4 is 14.6 Å². The molecule has 2 rings (SSSR count). The Labute approximate surface area is 235 Å². The Morgan fingerprint density at radius 2 is 1.64 bits per heavy atom. The summed E-state index contributed by atoms with van der Waals surface area (Å²) in [6, 6.07) is 6.01. The lowest BCUT2D eigenvalue weighted by Gasteiger charge is -2.27. The molecular formula is C32H50N3O4+. The van der Waals surface area contributed by atoms with Crippen molar-refractivity contribution in [2.75, 3.05) is 27.7 Å². The number of hydroxylamine groups is 2. The Morgan fingerprint density at radius 1 is 1.03 bits per heavy atom. The molecule has 2 unspecified atom stereocenters. The molecule has 0 saturated heterocycles. The molecule has 39 heavy (non-hydrogen) atoms. The van der Waals surface area contributed by atoms with E-state index in [1.165, 1.54) is 5.06 Å². The zero-order valence-corrected chi connectivity index (χ0v) is 25.4. The van der Waals surface area contributed by atoms with Gasteiger partial charge in [-0.05, 0) is 76.8 Å². The van der Waals surface area contributed by atoms with Gasteiger partial charge in [0, 0.05) is 6.04 Å². The van der Waals surface area contributed by atoms with Gasteiger partial charge >= 0.3 is 0 Å². The predicted octanol–water partition coefficient (Wildman–Crippen LogP) is 6.05. The molecule has 1 N–H and O–H groups in total. The molecule has 0 saturated carbocycles. The number of allylic oxidation sites excluding steroid dienone is 3. The first kappa shape index (κ1) is 32.3. The summed E-state index contributed by atoms with van der Waals surface area (Å²) in [5.41, 5.74) is 5.04. The van der Waals surface area contributed by atoms with Crippen LogP contribution in [-0.4, -0.2) is 56.9 Å². The monoisotopic (exact) mass is 540 g/mol. The standard InChI is InChI=1S/C32H49N3O4/c1-23-21-29(37)31(26(4)25(23)3)32(38)33-24(2)17-14-12-10-9-11-13-15-20-34(22-36)39-30-19-16-18-28(27(30)5)35(6,7)8/h16,18-19,21-22,24,31H,9-15,17,20H2,1-8H3/p+1. The normalized spacial score (nSPS) is 16.6. The largest absolute Gasteiger partial charge is 0.377 e. The summed E-state index contributed by atoms with van der Waals surface area (Å²) in [6.07, 6.45) is 10.8. The van der Waals surface area contributed by atoms with Crippen LogP contribution in [0.4, 0.5) is 5.69 Å². The van der Waals surface area contributed by atoms with E-state index in [0.29, 0.717) is 11.0 Å². The number of quaternary nitrogens is 1. The Balaban J connectivity index is 1.60. The minimum Gasteiger partial charge on any atom is -0.377 e. The van der Waals surface area contributed by atoms with Gasteiger partial charge in [0.25, 0.3) is 0 Å². The number of unbranched alkanes of at least 4 members (excludes halogenated alkanes) is 6. The highest BCUT2D eigenvalue weighted by atomic mass is 16.7. The molecule has 1 aliphatic carbocycles. The molecule has 216 valence electrons. The fraction of sp³-hybridized carbons (Fsp3) is 0.594. The highest BCUT2D eigenvalue weighted by Crippen LogP contribution is 2.30. The van der Waals surface area contributed by atoms with Crippen LogP contribution in [0.25, 0.3) is 0 Å². The predicted molar refractivity (Wildman–Crippen MR) is 159 cm³/mol. The second kappa shape index (κ2) is 15.0. The Kier molecular flexibility index (Phi) is 12.4. The number of nitrogens with zero attached hydrogens (tertiary/aromatic N) is 2. The summed E-state index contributed by atoms with van der Waals surface area (Å²) in [5.74, 6) is -0.268. The molecule has 7 heteroatoms. The lowest BCUT2D eigenvalue weighted by atomic mass is 9.83. The summed E-state index contributed by atoms with van der Waals surface area (Å²) in [7, 11) is 6.34. The number of carbonyl (C=O) groups excluding carboxylic acids is 3. The topological polar surface area (TPSA) is 75.7 Å². The van der Waals surface area contributed by atoms with Crippen molar-refractivity contribution in [3.63, 3.8) is 0 Å². The maximum Gasteiger partial charge on any atom is 0.242 e. The summed E-state index contributed by atoms with van der Waals surface area (Å²) < 4.78 is 0.688. The number of ketones is 1. The van der Waals surface area contributed by atoms with Crippen LogP contribution in [0.3, 0.4) is 0 Å². The van der Waals surface area contributed by atoms with E-state index in [0.717, 1.165) is 91.5 Å². The Bertz CT molecular complexity index is 1070. The first-order chi connectivity index (χ1) is 18.4. The lowest BCUT2D eigenvalue weighted by molar-refractivity contribution is -0.142. The zero-order valence-electron chi connectivity index (χ0n) is 25.4. The van der Waals surface area contributed by atoms with Gasteiger partial charge in [0.2, 0.25) is 12.3 Å². The highest BCUT2D eigenvalue weighted by Gasteiger charge is 2.31. The van der Waals surface area contributed by atoms with Gasteiger partial charge in [-0.2, -0.15) is 5.06 Å². The van der Waals surface area contributed by atoms with Crippen LogP contribution in [0.15, 0.2) is 41.0 Å². The number of benzene rings is 1. The second-order valence-corrected chi connectivity index (χ2v) is 11.9. The Morgan fingerprint density at radius 3 is 2.26 bits per heavy atom. The second-order valence-electron chi connectivity index (χ2n) is 11.9. The van der Waals surface area contributed by atoms with Crippen LogP contribution in [0.5, 0.6) is 5.75 Å². The Hall–Kier alpha value is -2.93. The van der Waals surface area contributed by atoms with E-state index in [-0.39, 0.29) is 17.7 Å². The number of rotatable bonds is 16. The molecule has 1 aromatic carbocycles. The van der Waals surface area contributed by atoms with Crippen molar-refractivity contribution >= 4 is 23.8 Å². The average molecular weight is 541 g/mol. The van der Waals surface area contributed by atoms with Crippen LogP contribution in [0.1, 0.15) is 84.6 Å². The van der Waals surface area contributed by atoms with E-state index in [9.17, 15) is 14.4 Å². The number of hydrogen-bond donors (Lipinski definition) is 1. The van der Waals surface area contributed by atoms with Crippen molar-refractivity contribution in [2.45, 2.75) is 92.0 Å². The molecule has 0 aliphatic heterocycles. The fourth-order valence-corrected chi connectivity index (χ4v) is 5.15. The van der Waals surface area contributed by atoms with E-state index < -0.39 is 5.92 Å². The molecule has 0 heterocycles. The zero-order chi connectivity index (χ0) is 29.2. The van der Waals surface area contributed by atoms with Gasteiger partial charge < -0.3 is 10.2 Å². The van der Waals surface area contributed by atoms with E-state index in [4.69, 9.17) is 4.84 Å². The van der Waals surface area contributed by atoms with Crippen LogP contribution >= 0.6 is 0 Å². The third-order valence-corrected chi connectivity index (χ3v) is 7.74. The third-order valence-electron chi connectivity index (χ3n) is 7.74. The molecule has 2 atom stereocenters. The molecule has 0 fully saturated rings. The molecule has 1 aromatic rings. The van der Waals surface area contributed by atoms with Gasteiger partial charge in [-0.15, -0.1) is 0 Å². The first-order valence-electron chi connectivity index (χ1n) is 14.4. The van der Waals surface area contributed by atoms with Crippen LogP contribution in [0.2, 0.25) is 0 Å². The van der Waals surface area contributed by atoms with Crippen molar-refractivity contribution in [1.82, 2.24) is 14.9 Å². The van der Waals surface area contributed by atoms with Crippen LogP contribution in [0, 0.1) is 12.8 Å². The van der Waals surface area contributed by atoms with E-state index in [2.05, 4.69) is 32.5 Å². The van der Waals surface area contributed by atoms with Gasteiger partial charge in [-0.3, -0.25) is 18.9 Å². The van der Waals surface area contributed by atoms with E-state index in [1.807, 2.05) is 46.8 Å². The summed E-state index contributed by atoms with van der Waals surface area (Å²) >= 11 is 0. The van der Waals surface area contributed by atoms with E-state index >= 15 is 0 Å². The van der Waals surface area contributed by atoms with Crippen molar-refractivity contribution < 1.29 is 19.2 Å². The summed E-state index contributed by atoms with van der Waals surface area (Å²) in [4.78, 5) is 42.6. The molecule has 0 aromatic heterocycles. The quantitative estimate of drug-likeness (QED) is 0.0910. The van der Waals surface area contributed by atoms with Gasteiger partial charge in [-0.25, -0.2) is 0 Å². The fourth-order valence-electron chi connectivity index (χ4n) is 5.15. The summed E-state index contributed by atoms with van der Waals surface area (Å²) in [5, 5.41) is 4.44. The van der Waals surface area contributed by atoms with Gasteiger partial charge in [0.1, 0.15) is 11.6 Å². The molecular weight excluding hydrogens is 490 g/mol. The highest BCUT2D eigenvalue weighted by molar-refractivity contribution is 6.11. The molecule has 7 nitrogen and oxygen atoms in total. The van der Waals surface area contributed by atoms with Crippen molar-refractivity contribution in [3.8, 4) is 5.75 Å². The molecule has 2 amide bonds. The maximum absolute atomic E-state index is 12.7. The minimum atomic E-state index is -0.686. The first-order valence-corrected chi connectivity index (χ1v) is 14.4. The van der Waals surface area contributed by atoms with Gasteiger partial charge in [0.05, 0.1) is 33.3 Å². The van der Waals surface area contributed by atoms with Gasteiger partial charge in [0.15, 0.2) is 11.5 Å². The number of nitrogens with one attached hydrogen (secondary N) is 1. The van der Waals surface area contributed by atoms with Crippen LogP contribution in [-0.2, 0) is 14.4 Å². The lowest BCUT2D eigenvalue weighted by Crippen LogP contribution is -2.41. The van der Waals surface area contributed by atoms with Crippen molar-refractivity contribution in [2.24, 2.45) is 5.92 Å². The van der Waals surface area contributed by atoms with Crippen molar-refractivity contribution in [1.29, 1.82) is 0 Å².